The number of fused-ring (bicyclic) bond motifs is 2. The molecule has 0 saturated carbocycles. The van der Waals surface area contributed by atoms with Crippen molar-refractivity contribution in [3.8, 4) is 0 Å². The van der Waals surface area contributed by atoms with Crippen molar-refractivity contribution in [2.24, 2.45) is 0 Å². The number of para-hydroxylation sites is 2. The zero-order valence-corrected chi connectivity index (χ0v) is 17.3. The second kappa shape index (κ2) is 10.5. The van der Waals surface area contributed by atoms with E-state index in [9.17, 15) is 4.79 Å². The second-order valence-corrected chi connectivity index (χ2v) is 7.63. The maximum absolute atomic E-state index is 12.2. The summed E-state index contributed by atoms with van der Waals surface area (Å²) < 4.78 is 10.7. The van der Waals surface area contributed by atoms with Crippen LogP contribution < -0.4 is 10.2 Å². The largest absolute Gasteiger partial charge is 0.379 e. The number of carbonyl (C=O) groups is 1. The predicted molar refractivity (Wildman–Crippen MR) is 114 cm³/mol. The molecule has 1 unspecified atom stereocenters. The highest BCUT2D eigenvalue weighted by molar-refractivity contribution is 7.99. The van der Waals surface area contributed by atoms with Crippen molar-refractivity contribution in [1.82, 2.24) is 5.32 Å². The lowest BCUT2D eigenvalue weighted by Gasteiger charge is -2.32. The van der Waals surface area contributed by atoms with Gasteiger partial charge in [-0.05, 0) is 44.5 Å². The fourth-order valence-electron chi connectivity index (χ4n) is 3.12. The third-order valence-electron chi connectivity index (χ3n) is 4.56. The Balaban J connectivity index is 1.51. The minimum atomic E-state index is -0.465. The second-order valence-electron chi connectivity index (χ2n) is 6.54. The molecule has 0 bridgehead atoms. The molecule has 3 rings (SSSR count). The molecule has 1 heterocycles. The zero-order chi connectivity index (χ0) is 19.8. The van der Waals surface area contributed by atoms with Crippen LogP contribution in [-0.2, 0) is 14.3 Å². The first-order valence-corrected chi connectivity index (χ1v) is 10.6. The first kappa shape index (κ1) is 20.7. The van der Waals surface area contributed by atoms with Crippen LogP contribution in [0.2, 0.25) is 0 Å². The van der Waals surface area contributed by atoms with Gasteiger partial charge in [0.1, 0.15) is 6.10 Å². The van der Waals surface area contributed by atoms with Gasteiger partial charge < -0.3 is 19.7 Å². The summed E-state index contributed by atoms with van der Waals surface area (Å²) in [5.41, 5.74) is 2.45. The predicted octanol–water partition coefficient (Wildman–Crippen LogP) is 4.24. The SMILES string of the molecule is CCOCCOC(C)C(=O)NCCCN1c2ccccc2Sc2ccccc21. The smallest absolute Gasteiger partial charge is 0.248 e. The fraction of sp³-hybridized carbons (Fsp3) is 0.409. The van der Waals surface area contributed by atoms with Gasteiger partial charge in [-0.2, -0.15) is 0 Å². The van der Waals surface area contributed by atoms with E-state index in [1.807, 2.05) is 18.7 Å². The van der Waals surface area contributed by atoms with Crippen molar-refractivity contribution in [2.45, 2.75) is 36.2 Å². The highest BCUT2D eigenvalue weighted by Crippen LogP contribution is 2.47. The Kier molecular flexibility index (Phi) is 7.77. The summed E-state index contributed by atoms with van der Waals surface area (Å²) >= 11 is 1.81. The third-order valence-corrected chi connectivity index (χ3v) is 5.69. The van der Waals surface area contributed by atoms with E-state index in [0.717, 1.165) is 13.0 Å². The molecule has 1 atom stereocenters. The maximum Gasteiger partial charge on any atom is 0.248 e. The molecule has 0 spiro atoms. The van der Waals surface area contributed by atoms with Crippen molar-refractivity contribution >= 4 is 29.0 Å². The van der Waals surface area contributed by atoms with Gasteiger partial charge in [-0.3, -0.25) is 4.79 Å². The van der Waals surface area contributed by atoms with Crippen LogP contribution in [0.15, 0.2) is 58.3 Å². The van der Waals surface area contributed by atoms with E-state index in [0.29, 0.717) is 26.4 Å². The van der Waals surface area contributed by atoms with Crippen LogP contribution in [0.4, 0.5) is 11.4 Å². The first-order chi connectivity index (χ1) is 13.7. The van der Waals surface area contributed by atoms with Gasteiger partial charge in [-0.25, -0.2) is 0 Å². The molecule has 0 fully saturated rings. The topological polar surface area (TPSA) is 50.8 Å². The number of amides is 1. The minimum absolute atomic E-state index is 0.0773. The molecule has 28 heavy (non-hydrogen) atoms. The molecule has 0 aromatic heterocycles. The number of benzene rings is 2. The van der Waals surface area contributed by atoms with Gasteiger partial charge in [-0.1, -0.05) is 36.0 Å². The van der Waals surface area contributed by atoms with E-state index < -0.39 is 6.10 Å². The lowest BCUT2D eigenvalue weighted by molar-refractivity contribution is -0.132. The quantitative estimate of drug-likeness (QED) is 0.605. The van der Waals surface area contributed by atoms with Crippen LogP contribution in [0.1, 0.15) is 20.3 Å². The Hall–Kier alpha value is -2.02. The summed E-state index contributed by atoms with van der Waals surface area (Å²) in [4.78, 5) is 17.0. The first-order valence-electron chi connectivity index (χ1n) is 9.81. The van der Waals surface area contributed by atoms with Gasteiger partial charge in [0.15, 0.2) is 0 Å². The number of hydrogen-bond acceptors (Lipinski definition) is 5. The molecular formula is C22H28N2O3S. The van der Waals surface area contributed by atoms with Gasteiger partial charge in [0, 0.05) is 29.5 Å². The molecular weight excluding hydrogens is 372 g/mol. The molecule has 1 aliphatic heterocycles. The number of rotatable bonds is 10. The van der Waals surface area contributed by atoms with Crippen LogP contribution in [0.5, 0.6) is 0 Å². The number of nitrogens with one attached hydrogen (secondary N) is 1. The number of anilines is 2. The summed E-state index contributed by atoms with van der Waals surface area (Å²) in [6.45, 7) is 6.77. The normalized spacial score (nSPS) is 13.6. The Morgan fingerprint density at radius 2 is 1.71 bits per heavy atom. The monoisotopic (exact) mass is 400 g/mol. The van der Waals surface area contributed by atoms with Crippen molar-refractivity contribution < 1.29 is 14.3 Å². The van der Waals surface area contributed by atoms with Gasteiger partial charge in [-0.15, -0.1) is 0 Å². The molecule has 2 aromatic rings. The number of ether oxygens (including phenoxy) is 2. The standard InChI is InChI=1S/C22H28N2O3S/c1-3-26-15-16-27-17(2)22(25)23-13-8-14-24-18-9-4-6-11-20(18)28-21-12-7-5-10-19(21)24/h4-7,9-12,17H,3,8,13-16H2,1-2H3,(H,23,25). The number of nitrogens with zero attached hydrogens (tertiary/aromatic N) is 1. The average Bonchev–Trinajstić information content (AvgIpc) is 2.73. The van der Waals surface area contributed by atoms with Crippen LogP contribution in [0.25, 0.3) is 0 Å². The fourth-order valence-corrected chi connectivity index (χ4v) is 4.21. The Bertz CT molecular complexity index is 738. The van der Waals surface area contributed by atoms with E-state index in [-0.39, 0.29) is 5.91 Å². The lowest BCUT2D eigenvalue weighted by atomic mass is 10.2. The highest BCUT2D eigenvalue weighted by Gasteiger charge is 2.22. The molecule has 1 N–H and O–H groups in total. The molecule has 0 aliphatic carbocycles. The van der Waals surface area contributed by atoms with Crippen LogP contribution >= 0.6 is 11.8 Å². The lowest BCUT2D eigenvalue weighted by Crippen LogP contribution is -2.36. The Morgan fingerprint density at radius 1 is 1.07 bits per heavy atom. The maximum atomic E-state index is 12.2. The number of hydrogen-bond donors (Lipinski definition) is 1. The van der Waals surface area contributed by atoms with E-state index in [1.165, 1.54) is 21.2 Å². The van der Waals surface area contributed by atoms with Crippen LogP contribution in [0, 0.1) is 0 Å². The van der Waals surface area contributed by atoms with E-state index in [4.69, 9.17) is 9.47 Å². The molecule has 150 valence electrons. The van der Waals surface area contributed by atoms with E-state index in [1.54, 1.807) is 6.92 Å². The van der Waals surface area contributed by atoms with E-state index >= 15 is 0 Å². The van der Waals surface area contributed by atoms with Crippen molar-refractivity contribution in [3.63, 3.8) is 0 Å². The Morgan fingerprint density at radius 3 is 2.36 bits per heavy atom. The molecule has 2 aromatic carbocycles. The number of carbonyl (C=O) groups excluding carboxylic acids is 1. The van der Waals surface area contributed by atoms with E-state index in [2.05, 4.69) is 58.7 Å². The molecule has 5 nitrogen and oxygen atoms in total. The Labute approximate surface area is 171 Å². The molecule has 1 aliphatic rings. The van der Waals surface area contributed by atoms with Crippen molar-refractivity contribution in [3.05, 3.63) is 48.5 Å². The third kappa shape index (κ3) is 5.28. The highest BCUT2D eigenvalue weighted by atomic mass is 32.2. The molecule has 6 heteroatoms. The molecule has 0 saturated heterocycles. The molecule has 0 radical (unpaired) electrons. The van der Waals surface area contributed by atoms with Crippen molar-refractivity contribution in [2.75, 3.05) is 37.8 Å². The van der Waals surface area contributed by atoms with Gasteiger partial charge in [0.25, 0.3) is 0 Å². The summed E-state index contributed by atoms with van der Waals surface area (Å²) in [6.07, 6.45) is 0.387. The minimum Gasteiger partial charge on any atom is -0.379 e. The average molecular weight is 401 g/mol. The summed E-state index contributed by atoms with van der Waals surface area (Å²) in [6, 6.07) is 16.9. The summed E-state index contributed by atoms with van der Waals surface area (Å²) in [5, 5.41) is 2.97. The van der Waals surface area contributed by atoms with Gasteiger partial charge in [0.2, 0.25) is 5.91 Å². The van der Waals surface area contributed by atoms with Crippen LogP contribution in [0.3, 0.4) is 0 Å². The van der Waals surface area contributed by atoms with Crippen molar-refractivity contribution in [1.29, 1.82) is 0 Å². The van der Waals surface area contributed by atoms with Gasteiger partial charge >= 0.3 is 0 Å². The molecule has 1 amide bonds. The zero-order valence-electron chi connectivity index (χ0n) is 16.5. The summed E-state index contributed by atoms with van der Waals surface area (Å²) in [7, 11) is 0. The summed E-state index contributed by atoms with van der Waals surface area (Å²) in [5.74, 6) is -0.0773. The van der Waals surface area contributed by atoms with Gasteiger partial charge in [0.05, 0.1) is 24.6 Å². The van der Waals surface area contributed by atoms with Crippen LogP contribution in [-0.4, -0.2) is 44.9 Å².